The van der Waals surface area contributed by atoms with Gasteiger partial charge in [-0.15, -0.1) is 11.3 Å². The fourth-order valence-electron chi connectivity index (χ4n) is 3.44. The minimum atomic E-state index is -0.541. The van der Waals surface area contributed by atoms with E-state index >= 15 is 0 Å². The van der Waals surface area contributed by atoms with Gasteiger partial charge in [0.05, 0.1) is 18.6 Å². The molecule has 142 valence electrons. The number of ether oxygens (including phenoxy) is 1. The van der Waals surface area contributed by atoms with Crippen molar-refractivity contribution in [2.45, 2.75) is 58.5 Å². The molecule has 2 aromatic rings. The number of fused-ring (bicyclic) bond motifs is 3. The molecule has 2 atom stereocenters. The van der Waals surface area contributed by atoms with E-state index in [1.54, 1.807) is 11.3 Å². The first kappa shape index (κ1) is 19.0. The number of aliphatic hydroxyl groups excluding tert-OH is 1. The summed E-state index contributed by atoms with van der Waals surface area (Å²) in [6, 6.07) is 0. The Morgan fingerprint density at radius 1 is 1.35 bits per heavy atom. The smallest absolute Gasteiger partial charge is 0.376 e. The highest BCUT2D eigenvalue weighted by Gasteiger charge is 2.31. The second kappa shape index (κ2) is 8.31. The van der Waals surface area contributed by atoms with Crippen molar-refractivity contribution in [3.8, 4) is 0 Å². The average Bonchev–Trinajstić information content (AvgIpc) is 3.03. The van der Waals surface area contributed by atoms with Gasteiger partial charge in [0.2, 0.25) is 5.82 Å². The van der Waals surface area contributed by atoms with E-state index in [-0.39, 0.29) is 11.7 Å². The summed E-state index contributed by atoms with van der Waals surface area (Å²) in [4.78, 5) is 22.7. The predicted molar refractivity (Wildman–Crippen MR) is 104 cm³/mol. The molecule has 26 heavy (non-hydrogen) atoms. The van der Waals surface area contributed by atoms with Crippen LogP contribution in [-0.4, -0.2) is 34.7 Å². The summed E-state index contributed by atoms with van der Waals surface area (Å²) in [6.07, 6.45) is 5.96. The van der Waals surface area contributed by atoms with Gasteiger partial charge in [-0.2, -0.15) is 0 Å². The van der Waals surface area contributed by atoms with Crippen molar-refractivity contribution >= 4 is 33.3 Å². The summed E-state index contributed by atoms with van der Waals surface area (Å²) >= 11 is 1.55. The van der Waals surface area contributed by atoms with Gasteiger partial charge in [0.25, 0.3) is 0 Å². The summed E-state index contributed by atoms with van der Waals surface area (Å²) < 4.78 is 4.80. The normalized spacial score (nSPS) is 19.4. The van der Waals surface area contributed by atoms with Crippen molar-refractivity contribution in [2.24, 2.45) is 5.92 Å². The predicted octanol–water partition coefficient (Wildman–Crippen LogP) is 4.09. The van der Waals surface area contributed by atoms with Crippen molar-refractivity contribution in [1.29, 1.82) is 0 Å². The third-order valence-corrected chi connectivity index (χ3v) is 6.18. The third-order valence-electron chi connectivity index (χ3n) is 5.02. The van der Waals surface area contributed by atoms with Crippen LogP contribution in [0.25, 0.3) is 10.2 Å². The molecule has 0 saturated carbocycles. The molecule has 0 saturated heterocycles. The molecule has 0 radical (unpaired) electrons. The Bertz CT molecular complexity index is 790. The van der Waals surface area contributed by atoms with Crippen molar-refractivity contribution < 1.29 is 14.6 Å². The number of hydrogen-bond acceptors (Lipinski definition) is 7. The largest absolute Gasteiger partial charge is 0.463 e. The van der Waals surface area contributed by atoms with Crippen LogP contribution < -0.4 is 5.32 Å². The van der Waals surface area contributed by atoms with Crippen LogP contribution in [0.3, 0.4) is 0 Å². The molecule has 7 heteroatoms. The van der Waals surface area contributed by atoms with Gasteiger partial charge < -0.3 is 15.2 Å². The number of aliphatic hydroxyl groups is 1. The molecule has 0 aliphatic heterocycles. The summed E-state index contributed by atoms with van der Waals surface area (Å²) in [6.45, 7) is 5.03. The highest BCUT2D eigenvalue weighted by Crippen LogP contribution is 2.45. The maximum Gasteiger partial charge on any atom is 0.376 e. The zero-order valence-electron chi connectivity index (χ0n) is 15.7. The van der Waals surface area contributed by atoms with Crippen molar-refractivity contribution in [1.82, 2.24) is 9.97 Å². The molecule has 0 spiro atoms. The molecule has 2 N–H and O–H groups in total. The van der Waals surface area contributed by atoms with Gasteiger partial charge >= 0.3 is 5.97 Å². The molecule has 3 rings (SSSR count). The molecule has 1 aliphatic rings. The Morgan fingerprint density at radius 3 is 2.88 bits per heavy atom. The molecule has 2 unspecified atom stereocenters. The molecule has 2 aromatic heterocycles. The van der Waals surface area contributed by atoms with Crippen LogP contribution in [0, 0.1) is 5.92 Å². The summed E-state index contributed by atoms with van der Waals surface area (Å²) in [5, 5.41) is 15.0. The number of esters is 1. The summed E-state index contributed by atoms with van der Waals surface area (Å²) in [7, 11) is 1.33. The lowest BCUT2D eigenvalue weighted by molar-refractivity contribution is 0.0587. The van der Waals surface area contributed by atoms with Crippen LogP contribution in [0.5, 0.6) is 0 Å². The Hall–Kier alpha value is -1.73. The van der Waals surface area contributed by atoms with E-state index < -0.39 is 12.1 Å². The molecule has 0 bridgehead atoms. The molecule has 1 aliphatic carbocycles. The van der Waals surface area contributed by atoms with Crippen LogP contribution in [0.15, 0.2) is 0 Å². The summed E-state index contributed by atoms with van der Waals surface area (Å²) in [5.74, 6) is 0.369. The molecule has 2 heterocycles. The van der Waals surface area contributed by atoms with E-state index in [2.05, 4.69) is 29.1 Å². The van der Waals surface area contributed by atoms with Crippen LogP contribution >= 0.6 is 11.3 Å². The van der Waals surface area contributed by atoms with E-state index in [9.17, 15) is 9.90 Å². The maximum atomic E-state index is 12.0. The quantitative estimate of drug-likeness (QED) is 0.558. The van der Waals surface area contributed by atoms with Gasteiger partial charge in [-0.1, -0.05) is 33.1 Å². The molecule has 0 aromatic carbocycles. The first-order valence-electron chi connectivity index (χ1n) is 9.40. The van der Waals surface area contributed by atoms with Crippen molar-refractivity contribution in [3.05, 3.63) is 16.3 Å². The van der Waals surface area contributed by atoms with Gasteiger partial charge in [-0.3, -0.25) is 0 Å². The minimum Gasteiger partial charge on any atom is -0.463 e. The monoisotopic (exact) mass is 377 g/mol. The first-order valence-corrected chi connectivity index (χ1v) is 10.2. The zero-order chi connectivity index (χ0) is 18.7. The Morgan fingerprint density at radius 2 is 2.15 bits per heavy atom. The number of rotatable bonds is 7. The topological polar surface area (TPSA) is 84.3 Å². The van der Waals surface area contributed by atoms with Crippen molar-refractivity contribution in [3.63, 3.8) is 0 Å². The number of carbonyl (C=O) groups is 1. The number of nitrogens with one attached hydrogen (secondary N) is 1. The minimum absolute atomic E-state index is 0.0668. The number of hydrogen-bond donors (Lipinski definition) is 2. The van der Waals surface area contributed by atoms with Gasteiger partial charge in [-0.05, 0) is 25.2 Å². The number of unbranched alkanes of at least 4 members (excludes halogenated alkanes) is 3. The van der Waals surface area contributed by atoms with Crippen LogP contribution in [0.2, 0.25) is 0 Å². The maximum absolute atomic E-state index is 12.0. The fraction of sp³-hybridized carbons (Fsp3) is 0.632. The van der Waals surface area contributed by atoms with Gasteiger partial charge in [0.1, 0.15) is 10.6 Å². The molecule has 6 nitrogen and oxygen atoms in total. The Balaban J connectivity index is 2.00. The highest BCUT2D eigenvalue weighted by molar-refractivity contribution is 7.19. The lowest BCUT2D eigenvalue weighted by Gasteiger charge is -2.25. The van der Waals surface area contributed by atoms with Gasteiger partial charge in [0, 0.05) is 17.0 Å². The van der Waals surface area contributed by atoms with Gasteiger partial charge in [0.15, 0.2) is 0 Å². The Kier molecular flexibility index (Phi) is 6.09. The average molecular weight is 378 g/mol. The third kappa shape index (κ3) is 3.69. The first-order chi connectivity index (χ1) is 12.6. The number of thiophene rings is 1. The number of carbonyl (C=O) groups excluding carboxylic acids is 1. The molecular formula is C19H27N3O3S. The van der Waals surface area contributed by atoms with Crippen LogP contribution in [-0.2, 0) is 11.2 Å². The second-order valence-electron chi connectivity index (χ2n) is 6.95. The van der Waals surface area contributed by atoms with E-state index in [1.165, 1.54) is 20.0 Å². The molecule has 0 fully saturated rings. The SMILES string of the molecule is CCCCCCNc1nc(C(=O)OC)nc2sc3c(c12)C(O)C(C)CC3. The Labute approximate surface area is 158 Å². The number of aryl methyl sites for hydroxylation is 1. The fourth-order valence-corrected chi connectivity index (χ4v) is 4.66. The van der Waals surface area contributed by atoms with Crippen LogP contribution in [0.4, 0.5) is 5.82 Å². The standard InChI is InChI=1S/C19H27N3O3S/c1-4-5-6-7-10-20-16-14-13-12(9-8-11(2)15(13)23)26-18(14)22-17(21-16)19(24)25-3/h11,15,23H,4-10H2,1-3H3,(H,20,21,22). The number of nitrogens with zero attached hydrogens (tertiary/aromatic N) is 2. The lowest BCUT2D eigenvalue weighted by atomic mass is 9.86. The summed E-state index contributed by atoms with van der Waals surface area (Å²) in [5.41, 5.74) is 0.941. The molecular weight excluding hydrogens is 350 g/mol. The van der Waals surface area contributed by atoms with Crippen LogP contribution in [0.1, 0.15) is 73.1 Å². The lowest BCUT2D eigenvalue weighted by Crippen LogP contribution is -2.17. The zero-order valence-corrected chi connectivity index (χ0v) is 16.5. The number of methoxy groups -OCH3 is 1. The second-order valence-corrected chi connectivity index (χ2v) is 8.04. The van der Waals surface area contributed by atoms with E-state index in [4.69, 9.17) is 4.74 Å². The van der Waals surface area contributed by atoms with E-state index in [0.29, 0.717) is 5.82 Å². The van der Waals surface area contributed by atoms with E-state index in [0.717, 1.165) is 52.9 Å². The number of aromatic nitrogens is 2. The van der Waals surface area contributed by atoms with Crippen molar-refractivity contribution in [2.75, 3.05) is 19.0 Å². The number of anilines is 1. The van der Waals surface area contributed by atoms with Gasteiger partial charge in [-0.25, -0.2) is 14.8 Å². The molecule has 0 amide bonds. The highest BCUT2D eigenvalue weighted by atomic mass is 32.1. The van der Waals surface area contributed by atoms with E-state index in [1.807, 2.05) is 0 Å².